The van der Waals surface area contributed by atoms with Gasteiger partial charge in [-0.1, -0.05) is 48.9 Å². The standard InChI is InChI=1S/C18H19ClN4O2S/c1-10(2)11-3-5-13(6-4-11)25-9-16(24)21-12-7-14(19)17-15(8-12)26-18(22-17)23-20/h3-8,10H,9,20H2,1-2H3,(H,21,24)(H,22,23). The number of hydrazine groups is 1. The number of carbonyl (C=O) groups excluding carboxylic acids is 1. The number of nitrogens with one attached hydrogen (secondary N) is 2. The molecule has 1 amide bonds. The van der Waals surface area contributed by atoms with Crippen molar-refractivity contribution in [1.82, 2.24) is 4.98 Å². The molecule has 0 aliphatic rings. The SMILES string of the molecule is CC(C)c1ccc(OCC(=O)Nc2cc(Cl)c3nc(NN)sc3c2)cc1. The molecular weight excluding hydrogens is 372 g/mol. The van der Waals surface area contributed by atoms with Gasteiger partial charge in [-0.3, -0.25) is 10.2 Å². The van der Waals surface area contributed by atoms with Gasteiger partial charge in [0.05, 0.1) is 9.72 Å². The average molecular weight is 391 g/mol. The molecule has 0 saturated heterocycles. The number of anilines is 2. The summed E-state index contributed by atoms with van der Waals surface area (Å²) in [7, 11) is 0. The third-order valence-corrected chi connectivity index (χ3v) is 4.99. The lowest BCUT2D eigenvalue weighted by Crippen LogP contribution is -2.20. The van der Waals surface area contributed by atoms with Crippen molar-refractivity contribution in [3.63, 3.8) is 0 Å². The molecule has 3 aromatic rings. The molecule has 0 aliphatic heterocycles. The predicted octanol–water partition coefficient (Wildman–Crippen LogP) is 4.38. The Balaban J connectivity index is 1.63. The fraction of sp³-hybridized carbons (Fsp3) is 0.222. The molecule has 0 atom stereocenters. The van der Waals surface area contributed by atoms with E-state index >= 15 is 0 Å². The number of nitrogen functional groups attached to an aromatic ring is 1. The molecule has 0 fully saturated rings. The van der Waals surface area contributed by atoms with Gasteiger partial charge in [-0.25, -0.2) is 10.8 Å². The zero-order chi connectivity index (χ0) is 18.7. The molecule has 1 aromatic heterocycles. The lowest BCUT2D eigenvalue weighted by molar-refractivity contribution is -0.118. The lowest BCUT2D eigenvalue weighted by atomic mass is 10.0. The number of nitrogens with zero attached hydrogens (tertiary/aromatic N) is 1. The van der Waals surface area contributed by atoms with Gasteiger partial charge in [-0.15, -0.1) is 0 Å². The molecule has 0 saturated carbocycles. The first-order chi connectivity index (χ1) is 12.5. The van der Waals surface area contributed by atoms with Crippen LogP contribution in [0, 0.1) is 0 Å². The summed E-state index contributed by atoms with van der Waals surface area (Å²) < 4.78 is 6.36. The molecule has 0 bridgehead atoms. The van der Waals surface area contributed by atoms with Crippen LogP contribution in [0.3, 0.4) is 0 Å². The summed E-state index contributed by atoms with van der Waals surface area (Å²) in [6.45, 7) is 4.16. The van der Waals surface area contributed by atoms with Crippen molar-refractivity contribution in [2.75, 3.05) is 17.3 Å². The molecule has 2 aromatic carbocycles. The van der Waals surface area contributed by atoms with E-state index in [9.17, 15) is 4.79 Å². The molecule has 3 rings (SSSR count). The van der Waals surface area contributed by atoms with Gasteiger partial charge in [0.1, 0.15) is 11.3 Å². The first-order valence-electron chi connectivity index (χ1n) is 8.05. The van der Waals surface area contributed by atoms with Crippen molar-refractivity contribution >= 4 is 49.9 Å². The van der Waals surface area contributed by atoms with Crippen LogP contribution in [0.2, 0.25) is 5.02 Å². The zero-order valence-electron chi connectivity index (χ0n) is 14.4. The largest absolute Gasteiger partial charge is 0.484 e. The molecule has 0 radical (unpaired) electrons. The van der Waals surface area contributed by atoms with Crippen LogP contribution >= 0.6 is 22.9 Å². The van der Waals surface area contributed by atoms with E-state index in [1.54, 1.807) is 12.1 Å². The Morgan fingerprint density at radius 1 is 1.31 bits per heavy atom. The normalized spacial score (nSPS) is 11.0. The number of fused-ring (bicyclic) bond motifs is 1. The molecule has 6 nitrogen and oxygen atoms in total. The Bertz CT molecular complexity index is 925. The highest BCUT2D eigenvalue weighted by atomic mass is 35.5. The second-order valence-electron chi connectivity index (χ2n) is 6.03. The second kappa shape index (κ2) is 7.90. The number of carbonyl (C=O) groups is 1. The summed E-state index contributed by atoms with van der Waals surface area (Å²) in [4.78, 5) is 16.4. The van der Waals surface area contributed by atoms with Crippen LogP contribution < -0.4 is 21.3 Å². The van der Waals surface area contributed by atoms with E-state index in [2.05, 4.69) is 29.6 Å². The zero-order valence-corrected chi connectivity index (χ0v) is 15.9. The van der Waals surface area contributed by atoms with Gasteiger partial charge in [0.2, 0.25) is 0 Å². The molecule has 4 N–H and O–H groups in total. The summed E-state index contributed by atoms with van der Waals surface area (Å²) in [5.41, 5.74) is 4.94. The first kappa shape index (κ1) is 18.4. The van der Waals surface area contributed by atoms with Crippen LogP contribution in [0.15, 0.2) is 36.4 Å². The Morgan fingerprint density at radius 2 is 2.04 bits per heavy atom. The second-order valence-corrected chi connectivity index (χ2v) is 7.47. The number of rotatable bonds is 6. The van der Waals surface area contributed by atoms with Gasteiger partial charge in [0, 0.05) is 5.69 Å². The van der Waals surface area contributed by atoms with E-state index in [4.69, 9.17) is 22.2 Å². The molecule has 8 heteroatoms. The number of thiazole rings is 1. The van der Waals surface area contributed by atoms with Crippen molar-refractivity contribution in [2.24, 2.45) is 5.84 Å². The van der Waals surface area contributed by atoms with E-state index in [-0.39, 0.29) is 12.5 Å². The number of ether oxygens (including phenoxy) is 1. The van der Waals surface area contributed by atoms with E-state index in [0.717, 1.165) is 4.70 Å². The lowest BCUT2D eigenvalue weighted by Gasteiger charge is -2.10. The van der Waals surface area contributed by atoms with Gasteiger partial charge in [0.15, 0.2) is 11.7 Å². The summed E-state index contributed by atoms with van der Waals surface area (Å²) in [6.07, 6.45) is 0. The smallest absolute Gasteiger partial charge is 0.262 e. The van der Waals surface area contributed by atoms with Gasteiger partial charge in [-0.2, -0.15) is 0 Å². The summed E-state index contributed by atoms with van der Waals surface area (Å²) >= 11 is 7.57. The third kappa shape index (κ3) is 4.24. The van der Waals surface area contributed by atoms with E-state index in [1.807, 2.05) is 24.3 Å². The summed E-state index contributed by atoms with van der Waals surface area (Å²) in [5, 5.41) is 3.78. The van der Waals surface area contributed by atoms with Crippen LogP contribution in [0.1, 0.15) is 25.3 Å². The maximum atomic E-state index is 12.1. The molecule has 26 heavy (non-hydrogen) atoms. The number of hydrogen-bond acceptors (Lipinski definition) is 6. The van der Waals surface area contributed by atoms with E-state index in [1.165, 1.54) is 16.9 Å². The van der Waals surface area contributed by atoms with Crippen molar-refractivity contribution < 1.29 is 9.53 Å². The summed E-state index contributed by atoms with van der Waals surface area (Å²) in [5.74, 6) is 6.21. The van der Waals surface area contributed by atoms with Gasteiger partial charge >= 0.3 is 0 Å². The molecule has 136 valence electrons. The number of hydrogen-bond donors (Lipinski definition) is 3. The molecule has 0 unspecified atom stereocenters. The minimum atomic E-state index is -0.268. The number of benzene rings is 2. The van der Waals surface area contributed by atoms with Gasteiger partial charge in [-0.05, 0) is 35.7 Å². The number of nitrogens with two attached hydrogens (primary N) is 1. The quantitative estimate of drug-likeness (QED) is 0.429. The number of amides is 1. The van der Waals surface area contributed by atoms with Gasteiger partial charge in [0.25, 0.3) is 5.91 Å². The Morgan fingerprint density at radius 3 is 2.69 bits per heavy atom. The minimum Gasteiger partial charge on any atom is -0.484 e. The van der Waals surface area contributed by atoms with Crippen LogP contribution in [0.25, 0.3) is 10.2 Å². The fourth-order valence-corrected chi connectivity index (χ4v) is 3.58. The third-order valence-electron chi connectivity index (χ3n) is 3.77. The van der Waals surface area contributed by atoms with Crippen molar-refractivity contribution in [2.45, 2.75) is 19.8 Å². The Hall–Kier alpha value is -2.35. The molecule has 1 heterocycles. The topological polar surface area (TPSA) is 89.3 Å². The van der Waals surface area contributed by atoms with Crippen molar-refractivity contribution in [3.05, 3.63) is 47.0 Å². The minimum absolute atomic E-state index is 0.0883. The van der Waals surface area contributed by atoms with Crippen LogP contribution in [-0.4, -0.2) is 17.5 Å². The average Bonchev–Trinajstić information content (AvgIpc) is 3.04. The highest BCUT2D eigenvalue weighted by molar-refractivity contribution is 7.22. The molecule has 0 spiro atoms. The van der Waals surface area contributed by atoms with Crippen LogP contribution in [0.5, 0.6) is 5.75 Å². The maximum absolute atomic E-state index is 12.1. The van der Waals surface area contributed by atoms with Gasteiger partial charge < -0.3 is 10.1 Å². The predicted molar refractivity (Wildman–Crippen MR) is 107 cm³/mol. The van der Waals surface area contributed by atoms with Crippen molar-refractivity contribution in [3.8, 4) is 5.75 Å². The van der Waals surface area contributed by atoms with Crippen LogP contribution in [0.4, 0.5) is 10.8 Å². The first-order valence-corrected chi connectivity index (χ1v) is 9.25. The monoisotopic (exact) mass is 390 g/mol. The van der Waals surface area contributed by atoms with Crippen LogP contribution in [-0.2, 0) is 4.79 Å². The maximum Gasteiger partial charge on any atom is 0.262 e. The fourth-order valence-electron chi connectivity index (χ4n) is 2.42. The number of halogens is 1. The number of aromatic nitrogens is 1. The Labute approximate surface area is 160 Å². The highest BCUT2D eigenvalue weighted by Gasteiger charge is 2.11. The Kier molecular flexibility index (Phi) is 5.61. The highest BCUT2D eigenvalue weighted by Crippen LogP contribution is 2.33. The molecule has 0 aliphatic carbocycles. The van der Waals surface area contributed by atoms with Crippen molar-refractivity contribution in [1.29, 1.82) is 0 Å². The van der Waals surface area contributed by atoms with E-state index in [0.29, 0.717) is 33.0 Å². The van der Waals surface area contributed by atoms with E-state index < -0.39 is 0 Å². The molecular formula is C18H19ClN4O2S. The summed E-state index contributed by atoms with van der Waals surface area (Å²) in [6, 6.07) is 11.2.